The van der Waals surface area contributed by atoms with Gasteiger partial charge < -0.3 is 10.1 Å². The second-order valence-electron chi connectivity index (χ2n) is 5.88. The van der Waals surface area contributed by atoms with Crippen LogP contribution in [0, 0.1) is 20.8 Å². The lowest BCUT2D eigenvalue weighted by Crippen LogP contribution is -2.28. The van der Waals surface area contributed by atoms with Gasteiger partial charge in [0.2, 0.25) is 5.91 Å². The molecule has 3 nitrogen and oxygen atoms in total. The van der Waals surface area contributed by atoms with Gasteiger partial charge in [-0.25, -0.2) is 0 Å². The number of benzene rings is 2. The lowest BCUT2D eigenvalue weighted by molar-refractivity contribution is -0.121. The maximum atomic E-state index is 11.9. The highest BCUT2D eigenvalue weighted by atomic mass is 16.5. The third-order valence-corrected chi connectivity index (χ3v) is 3.99. The first-order valence-corrected chi connectivity index (χ1v) is 8.07. The molecule has 0 aliphatic carbocycles. The van der Waals surface area contributed by atoms with Gasteiger partial charge in [-0.3, -0.25) is 4.79 Å². The zero-order valence-electron chi connectivity index (χ0n) is 14.2. The predicted octanol–water partition coefficient (Wildman–Crippen LogP) is 3.74. The predicted molar refractivity (Wildman–Crippen MR) is 93.9 cm³/mol. The van der Waals surface area contributed by atoms with Crippen molar-refractivity contribution in [1.29, 1.82) is 0 Å². The number of para-hydroxylation sites is 1. The van der Waals surface area contributed by atoms with Crippen molar-refractivity contribution in [1.82, 2.24) is 5.32 Å². The molecule has 0 radical (unpaired) electrons. The van der Waals surface area contributed by atoms with E-state index in [2.05, 4.69) is 37.4 Å². The van der Waals surface area contributed by atoms with Gasteiger partial charge in [-0.15, -0.1) is 0 Å². The van der Waals surface area contributed by atoms with Gasteiger partial charge in [0.25, 0.3) is 0 Å². The van der Waals surface area contributed by atoms with Crippen LogP contribution in [0.1, 0.15) is 28.7 Å². The number of rotatable bonds is 7. The van der Waals surface area contributed by atoms with E-state index >= 15 is 0 Å². The van der Waals surface area contributed by atoms with Gasteiger partial charge in [-0.1, -0.05) is 36.4 Å². The molecule has 0 fully saturated rings. The largest absolute Gasteiger partial charge is 0.491 e. The summed E-state index contributed by atoms with van der Waals surface area (Å²) in [7, 11) is 0. The first-order valence-electron chi connectivity index (χ1n) is 8.07. The molecule has 0 aromatic heterocycles. The van der Waals surface area contributed by atoms with Crippen molar-refractivity contribution in [3.8, 4) is 5.75 Å². The molecule has 122 valence electrons. The van der Waals surface area contributed by atoms with Crippen LogP contribution in [0.4, 0.5) is 0 Å². The van der Waals surface area contributed by atoms with Gasteiger partial charge in [-0.2, -0.15) is 0 Å². The van der Waals surface area contributed by atoms with Crippen molar-refractivity contribution in [2.75, 3.05) is 13.2 Å². The molecule has 0 unspecified atom stereocenters. The molecule has 0 saturated carbocycles. The lowest BCUT2D eigenvalue weighted by atomic mass is 10.0. The monoisotopic (exact) mass is 311 g/mol. The van der Waals surface area contributed by atoms with E-state index in [0.717, 1.165) is 17.7 Å². The van der Waals surface area contributed by atoms with Crippen LogP contribution in [0.15, 0.2) is 42.5 Å². The minimum atomic E-state index is 0.0663. The molecule has 0 atom stereocenters. The quantitative estimate of drug-likeness (QED) is 0.791. The fourth-order valence-corrected chi connectivity index (χ4v) is 2.38. The molecule has 1 N–H and O–H groups in total. The van der Waals surface area contributed by atoms with Crippen molar-refractivity contribution in [3.05, 3.63) is 64.7 Å². The van der Waals surface area contributed by atoms with E-state index in [0.29, 0.717) is 19.6 Å². The summed E-state index contributed by atoms with van der Waals surface area (Å²) in [6.45, 7) is 7.22. The summed E-state index contributed by atoms with van der Waals surface area (Å²) in [6.07, 6.45) is 1.28. The van der Waals surface area contributed by atoms with Gasteiger partial charge >= 0.3 is 0 Å². The van der Waals surface area contributed by atoms with Gasteiger partial charge in [0.05, 0.1) is 6.54 Å². The second-order valence-corrected chi connectivity index (χ2v) is 5.88. The molecule has 3 heteroatoms. The lowest BCUT2D eigenvalue weighted by Gasteiger charge is -2.10. The van der Waals surface area contributed by atoms with Crippen molar-refractivity contribution in [2.24, 2.45) is 0 Å². The van der Waals surface area contributed by atoms with Crippen LogP contribution < -0.4 is 10.1 Å². The highest BCUT2D eigenvalue weighted by Crippen LogP contribution is 2.15. The minimum Gasteiger partial charge on any atom is -0.491 e. The molecular weight excluding hydrogens is 286 g/mol. The molecule has 1 amide bonds. The van der Waals surface area contributed by atoms with Crippen LogP contribution in [-0.2, 0) is 11.2 Å². The summed E-state index contributed by atoms with van der Waals surface area (Å²) in [4.78, 5) is 11.9. The average molecular weight is 311 g/mol. The number of hydrogen-bond acceptors (Lipinski definition) is 2. The Morgan fingerprint density at radius 1 is 1.00 bits per heavy atom. The molecule has 2 rings (SSSR count). The van der Waals surface area contributed by atoms with Crippen molar-refractivity contribution in [3.63, 3.8) is 0 Å². The van der Waals surface area contributed by atoms with E-state index in [9.17, 15) is 4.79 Å². The maximum Gasteiger partial charge on any atom is 0.220 e. The summed E-state index contributed by atoms with van der Waals surface area (Å²) in [5.74, 6) is 0.938. The van der Waals surface area contributed by atoms with Crippen molar-refractivity contribution >= 4 is 5.91 Å². The summed E-state index contributed by atoms with van der Waals surface area (Å²) < 4.78 is 5.66. The SMILES string of the molecule is Cc1ccc(CCC(=O)NCCOc2ccccc2C)cc1C. The van der Waals surface area contributed by atoms with E-state index in [1.165, 1.54) is 16.7 Å². The number of carbonyl (C=O) groups excluding carboxylic acids is 1. The third kappa shape index (κ3) is 5.44. The molecule has 2 aromatic rings. The Balaban J connectivity index is 1.67. The number of ether oxygens (including phenoxy) is 1. The Morgan fingerprint density at radius 2 is 1.78 bits per heavy atom. The van der Waals surface area contributed by atoms with Crippen LogP contribution in [0.2, 0.25) is 0 Å². The topological polar surface area (TPSA) is 38.3 Å². The summed E-state index contributed by atoms with van der Waals surface area (Å²) in [6, 6.07) is 14.2. The van der Waals surface area contributed by atoms with E-state index < -0.39 is 0 Å². The zero-order chi connectivity index (χ0) is 16.7. The molecule has 0 aliphatic rings. The average Bonchev–Trinajstić information content (AvgIpc) is 2.54. The van der Waals surface area contributed by atoms with Gasteiger partial charge in [0.15, 0.2) is 0 Å². The molecule has 2 aromatic carbocycles. The van der Waals surface area contributed by atoms with E-state index in [4.69, 9.17) is 4.74 Å². The van der Waals surface area contributed by atoms with Gasteiger partial charge in [0, 0.05) is 6.42 Å². The van der Waals surface area contributed by atoms with E-state index in [-0.39, 0.29) is 5.91 Å². The number of nitrogens with one attached hydrogen (secondary N) is 1. The van der Waals surface area contributed by atoms with Crippen molar-refractivity contribution in [2.45, 2.75) is 33.6 Å². The third-order valence-electron chi connectivity index (χ3n) is 3.99. The molecule has 0 saturated heterocycles. The number of aryl methyl sites for hydroxylation is 4. The van der Waals surface area contributed by atoms with Crippen LogP contribution in [0.5, 0.6) is 5.75 Å². The standard InChI is InChI=1S/C20H25NO2/c1-15-8-9-18(14-17(15)3)10-11-20(22)21-12-13-23-19-7-5-4-6-16(19)2/h4-9,14H,10-13H2,1-3H3,(H,21,22). The normalized spacial score (nSPS) is 10.4. The number of amides is 1. The Labute approximate surface area is 138 Å². The zero-order valence-corrected chi connectivity index (χ0v) is 14.2. The Bertz CT molecular complexity index is 664. The summed E-state index contributed by atoms with van der Waals surface area (Å²) >= 11 is 0. The van der Waals surface area contributed by atoms with Crippen molar-refractivity contribution < 1.29 is 9.53 Å². The number of hydrogen-bond donors (Lipinski definition) is 1. The minimum absolute atomic E-state index is 0.0663. The molecule has 23 heavy (non-hydrogen) atoms. The summed E-state index contributed by atoms with van der Waals surface area (Å²) in [5.41, 5.74) is 4.87. The molecule has 0 heterocycles. The van der Waals surface area contributed by atoms with Crippen LogP contribution in [-0.4, -0.2) is 19.1 Å². The molecule has 0 aliphatic heterocycles. The van der Waals surface area contributed by atoms with Crippen LogP contribution >= 0.6 is 0 Å². The smallest absolute Gasteiger partial charge is 0.220 e. The fraction of sp³-hybridized carbons (Fsp3) is 0.350. The molecule has 0 bridgehead atoms. The van der Waals surface area contributed by atoms with Crippen LogP contribution in [0.25, 0.3) is 0 Å². The Hall–Kier alpha value is -2.29. The maximum absolute atomic E-state index is 11.9. The Morgan fingerprint density at radius 3 is 2.52 bits per heavy atom. The first kappa shape index (κ1) is 17.1. The van der Waals surface area contributed by atoms with Crippen LogP contribution in [0.3, 0.4) is 0 Å². The summed E-state index contributed by atoms with van der Waals surface area (Å²) in [5, 5.41) is 2.90. The van der Waals surface area contributed by atoms with E-state index in [1.807, 2.05) is 31.2 Å². The van der Waals surface area contributed by atoms with Gasteiger partial charge in [-0.05, 0) is 55.5 Å². The number of carbonyl (C=O) groups is 1. The molecule has 0 spiro atoms. The second kappa shape index (κ2) is 8.37. The molecular formula is C20H25NO2. The first-order chi connectivity index (χ1) is 11.1. The van der Waals surface area contributed by atoms with E-state index in [1.54, 1.807) is 0 Å². The Kier molecular flexibility index (Phi) is 6.21. The van der Waals surface area contributed by atoms with Gasteiger partial charge in [0.1, 0.15) is 12.4 Å². The fourth-order valence-electron chi connectivity index (χ4n) is 2.38. The highest BCUT2D eigenvalue weighted by molar-refractivity contribution is 5.76. The highest BCUT2D eigenvalue weighted by Gasteiger charge is 2.04.